The summed E-state index contributed by atoms with van der Waals surface area (Å²) >= 11 is 0. The lowest BCUT2D eigenvalue weighted by Crippen LogP contribution is -2.26. The molecule has 0 atom stereocenters. The molecule has 1 heterocycles. The standard InChI is InChI=1S/C27H27N3O6/c1-33-14-15-35-22-11-8-20-16-26(36-25(20)17-22)30(18-31)12-13-34-21-9-6-19(7-10-21)27(32)29-24-5-3-2-4-23(24)28/h2-11,16-18H,12-15,28H2,1H3,(H,29,32). The van der Waals surface area contributed by atoms with Crippen LogP contribution >= 0.6 is 0 Å². The topological polar surface area (TPSA) is 116 Å². The zero-order valence-electron chi connectivity index (χ0n) is 19.8. The Bertz CT molecular complexity index is 1320. The number of carbonyl (C=O) groups is 2. The normalized spacial score (nSPS) is 10.7. The van der Waals surface area contributed by atoms with Crippen LogP contribution in [0, 0.1) is 0 Å². The van der Waals surface area contributed by atoms with Gasteiger partial charge in [0.25, 0.3) is 5.91 Å². The van der Waals surface area contributed by atoms with E-state index in [2.05, 4.69) is 5.32 Å². The lowest BCUT2D eigenvalue weighted by atomic mass is 10.2. The Hall–Kier alpha value is -4.50. The van der Waals surface area contributed by atoms with E-state index >= 15 is 0 Å². The van der Waals surface area contributed by atoms with Gasteiger partial charge in [0.15, 0.2) is 0 Å². The zero-order chi connectivity index (χ0) is 25.3. The minimum absolute atomic E-state index is 0.229. The van der Waals surface area contributed by atoms with Gasteiger partial charge in [0.2, 0.25) is 12.3 Å². The first-order chi connectivity index (χ1) is 17.6. The number of hydrogen-bond donors (Lipinski definition) is 2. The van der Waals surface area contributed by atoms with Gasteiger partial charge >= 0.3 is 0 Å². The van der Waals surface area contributed by atoms with E-state index in [-0.39, 0.29) is 19.1 Å². The lowest BCUT2D eigenvalue weighted by Gasteiger charge is -2.14. The summed E-state index contributed by atoms with van der Waals surface area (Å²) in [4.78, 5) is 25.6. The highest BCUT2D eigenvalue weighted by molar-refractivity contribution is 6.05. The van der Waals surface area contributed by atoms with Crippen LogP contribution in [-0.4, -0.2) is 45.8 Å². The number of hydrogen-bond acceptors (Lipinski definition) is 7. The highest BCUT2D eigenvalue weighted by atomic mass is 16.5. The van der Waals surface area contributed by atoms with E-state index in [0.29, 0.717) is 59.5 Å². The van der Waals surface area contributed by atoms with Gasteiger partial charge in [-0.1, -0.05) is 12.1 Å². The van der Waals surface area contributed by atoms with Gasteiger partial charge in [0, 0.05) is 30.2 Å². The summed E-state index contributed by atoms with van der Waals surface area (Å²) in [5, 5.41) is 3.63. The van der Waals surface area contributed by atoms with Crippen molar-refractivity contribution in [3.8, 4) is 11.5 Å². The Balaban J connectivity index is 1.31. The molecule has 0 aliphatic rings. The lowest BCUT2D eigenvalue weighted by molar-refractivity contribution is -0.107. The van der Waals surface area contributed by atoms with Crippen molar-refractivity contribution in [3.05, 3.63) is 78.4 Å². The number of methoxy groups -OCH3 is 1. The number of nitrogens with two attached hydrogens (primary N) is 1. The highest BCUT2D eigenvalue weighted by Crippen LogP contribution is 2.29. The fraction of sp³-hybridized carbons (Fsp3) is 0.185. The van der Waals surface area contributed by atoms with Crippen molar-refractivity contribution in [2.75, 3.05) is 49.4 Å². The van der Waals surface area contributed by atoms with E-state index in [1.165, 1.54) is 4.90 Å². The smallest absolute Gasteiger partial charge is 0.255 e. The van der Waals surface area contributed by atoms with Gasteiger partial charge in [-0.25, -0.2) is 0 Å². The van der Waals surface area contributed by atoms with E-state index < -0.39 is 0 Å². The van der Waals surface area contributed by atoms with Crippen molar-refractivity contribution in [2.45, 2.75) is 0 Å². The maximum Gasteiger partial charge on any atom is 0.255 e. The summed E-state index contributed by atoms with van der Waals surface area (Å²) in [6.07, 6.45) is 0.694. The van der Waals surface area contributed by atoms with Crippen LogP contribution in [0.2, 0.25) is 0 Å². The summed E-state index contributed by atoms with van der Waals surface area (Å²) < 4.78 is 22.2. The first-order valence-corrected chi connectivity index (χ1v) is 11.3. The van der Waals surface area contributed by atoms with Gasteiger partial charge in [-0.05, 0) is 48.5 Å². The van der Waals surface area contributed by atoms with Crippen LogP contribution in [0.1, 0.15) is 10.4 Å². The predicted molar refractivity (Wildman–Crippen MR) is 138 cm³/mol. The molecule has 4 rings (SSSR count). The third kappa shape index (κ3) is 6.13. The molecule has 3 N–H and O–H groups in total. The van der Waals surface area contributed by atoms with Gasteiger partial charge in [0.1, 0.15) is 30.3 Å². The minimum atomic E-state index is -0.274. The summed E-state index contributed by atoms with van der Waals surface area (Å²) in [5.41, 5.74) is 7.99. The Morgan fingerprint density at radius 2 is 1.72 bits per heavy atom. The molecule has 0 fully saturated rings. The Kier molecular flexibility index (Phi) is 8.05. The first-order valence-electron chi connectivity index (χ1n) is 11.3. The van der Waals surface area contributed by atoms with Crippen LogP contribution in [0.4, 0.5) is 17.3 Å². The molecule has 0 saturated carbocycles. The molecular formula is C27H27N3O6. The monoisotopic (exact) mass is 489 g/mol. The second-order valence-corrected chi connectivity index (χ2v) is 7.84. The van der Waals surface area contributed by atoms with Gasteiger partial charge in [-0.3, -0.25) is 14.5 Å². The summed E-state index contributed by atoms with van der Waals surface area (Å²) in [6.45, 7) is 1.42. The number of para-hydroxylation sites is 2. The molecule has 3 aromatic carbocycles. The molecule has 0 saturated heterocycles. The largest absolute Gasteiger partial charge is 0.492 e. The number of carbonyl (C=O) groups excluding carboxylic acids is 2. The molecule has 1 aromatic heterocycles. The van der Waals surface area contributed by atoms with Gasteiger partial charge in [-0.2, -0.15) is 0 Å². The second kappa shape index (κ2) is 11.8. The van der Waals surface area contributed by atoms with Crippen LogP contribution in [0.15, 0.2) is 77.2 Å². The van der Waals surface area contributed by atoms with E-state index in [0.717, 1.165) is 5.39 Å². The van der Waals surface area contributed by atoms with Gasteiger partial charge < -0.3 is 29.7 Å². The molecular weight excluding hydrogens is 462 g/mol. The molecule has 0 radical (unpaired) electrons. The molecule has 9 nitrogen and oxygen atoms in total. The molecule has 9 heteroatoms. The Morgan fingerprint density at radius 1 is 0.972 bits per heavy atom. The third-order valence-corrected chi connectivity index (χ3v) is 5.37. The molecule has 36 heavy (non-hydrogen) atoms. The summed E-state index contributed by atoms with van der Waals surface area (Å²) in [5.74, 6) is 1.36. The number of nitrogens with one attached hydrogen (secondary N) is 1. The number of rotatable bonds is 12. The molecule has 2 amide bonds. The van der Waals surface area contributed by atoms with Crippen molar-refractivity contribution < 1.29 is 28.2 Å². The third-order valence-electron chi connectivity index (χ3n) is 5.37. The van der Waals surface area contributed by atoms with Gasteiger partial charge in [0.05, 0.1) is 24.5 Å². The van der Waals surface area contributed by atoms with E-state index in [1.54, 1.807) is 67.8 Å². The van der Waals surface area contributed by atoms with Crippen molar-refractivity contribution in [2.24, 2.45) is 0 Å². The van der Waals surface area contributed by atoms with Crippen LogP contribution in [-0.2, 0) is 9.53 Å². The van der Waals surface area contributed by atoms with Crippen LogP contribution in [0.5, 0.6) is 11.5 Å². The fourth-order valence-corrected chi connectivity index (χ4v) is 3.46. The van der Waals surface area contributed by atoms with E-state index in [9.17, 15) is 9.59 Å². The number of anilines is 3. The average Bonchev–Trinajstić information content (AvgIpc) is 3.31. The number of fused-ring (bicyclic) bond motifs is 1. The maximum absolute atomic E-state index is 12.5. The Morgan fingerprint density at radius 3 is 2.47 bits per heavy atom. The van der Waals surface area contributed by atoms with Gasteiger partial charge in [-0.15, -0.1) is 0 Å². The quantitative estimate of drug-likeness (QED) is 0.173. The molecule has 0 aliphatic heterocycles. The van der Waals surface area contributed by atoms with E-state index in [1.807, 2.05) is 12.1 Å². The molecule has 0 unspecified atom stereocenters. The van der Waals surface area contributed by atoms with Crippen molar-refractivity contribution >= 4 is 40.5 Å². The first kappa shape index (κ1) is 24.6. The highest BCUT2D eigenvalue weighted by Gasteiger charge is 2.13. The number of nitrogen functional groups attached to an aromatic ring is 1. The number of benzene rings is 3. The summed E-state index contributed by atoms with van der Waals surface area (Å²) in [6, 6.07) is 21.0. The Labute approximate surface area is 208 Å². The molecule has 0 bridgehead atoms. The van der Waals surface area contributed by atoms with Crippen LogP contribution < -0.4 is 25.4 Å². The fourth-order valence-electron chi connectivity index (χ4n) is 3.46. The molecule has 186 valence electrons. The number of furan rings is 1. The van der Waals surface area contributed by atoms with Crippen molar-refractivity contribution in [1.29, 1.82) is 0 Å². The maximum atomic E-state index is 12.5. The van der Waals surface area contributed by atoms with E-state index in [4.69, 9.17) is 24.4 Å². The SMILES string of the molecule is COCCOc1ccc2cc(N(C=O)CCOc3ccc(C(=O)Nc4ccccc4N)cc3)oc2c1. The van der Waals surface area contributed by atoms with Crippen molar-refractivity contribution in [1.82, 2.24) is 0 Å². The minimum Gasteiger partial charge on any atom is -0.492 e. The average molecular weight is 490 g/mol. The van der Waals surface area contributed by atoms with Crippen LogP contribution in [0.3, 0.4) is 0 Å². The molecule has 0 spiro atoms. The molecule has 4 aromatic rings. The predicted octanol–water partition coefficient (Wildman–Crippen LogP) is 4.33. The van der Waals surface area contributed by atoms with Crippen LogP contribution in [0.25, 0.3) is 11.0 Å². The second-order valence-electron chi connectivity index (χ2n) is 7.84. The number of ether oxygens (including phenoxy) is 3. The molecule has 0 aliphatic carbocycles. The number of amides is 2. The number of nitrogens with zero attached hydrogens (tertiary/aromatic N) is 1. The zero-order valence-corrected chi connectivity index (χ0v) is 19.8. The van der Waals surface area contributed by atoms with Crippen molar-refractivity contribution in [3.63, 3.8) is 0 Å². The summed E-state index contributed by atoms with van der Waals surface area (Å²) in [7, 11) is 1.61.